The van der Waals surface area contributed by atoms with Crippen molar-refractivity contribution in [3.63, 3.8) is 0 Å². The minimum absolute atomic E-state index is 0.114. The van der Waals surface area contributed by atoms with Gasteiger partial charge in [-0.15, -0.1) is 0 Å². The van der Waals surface area contributed by atoms with Crippen LogP contribution in [0.1, 0.15) is 73.7 Å². The monoisotopic (exact) mass is 305 g/mol. The molecule has 3 heteroatoms. The number of Topliss-reactive ketones (excluding diaryl/α,β-unsaturated/α-hetero) is 1. The van der Waals surface area contributed by atoms with Gasteiger partial charge in [0.1, 0.15) is 0 Å². The van der Waals surface area contributed by atoms with Crippen LogP contribution in [0.25, 0.3) is 0 Å². The van der Waals surface area contributed by atoms with Gasteiger partial charge in [0.2, 0.25) is 0 Å². The van der Waals surface area contributed by atoms with Crippen LogP contribution < -0.4 is 0 Å². The molecule has 0 unspecified atom stereocenters. The van der Waals surface area contributed by atoms with Gasteiger partial charge in [0.05, 0.1) is 0 Å². The molecule has 0 N–H and O–H groups in total. The van der Waals surface area contributed by atoms with E-state index in [0.29, 0.717) is 18.2 Å². The average molecular weight is 305 g/mol. The van der Waals surface area contributed by atoms with Gasteiger partial charge in [0.25, 0.3) is 0 Å². The lowest BCUT2D eigenvalue weighted by molar-refractivity contribution is 0.0909. The van der Waals surface area contributed by atoms with Gasteiger partial charge < -0.3 is 4.57 Å². The molecule has 1 fully saturated rings. The van der Waals surface area contributed by atoms with Gasteiger partial charge in [-0.25, -0.2) is 0 Å². The molecule has 2 nitrogen and oxygen atoms in total. The first-order valence-corrected chi connectivity index (χ1v) is 9.47. The molecule has 116 valence electrons. The summed E-state index contributed by atoms with van der Waals surface area (Å²) in [5.74, 6) is 0.348. The standard InChI is InChI=1S/C18H27NOS/c1-12-9-15-16(10-18(2,3)11-17(15)20)19(12)13-5-7-14(21-4)8-6-13/h9,13-14H,5-8,10-11H2,1-4H3. The van der Waals surface area contributed by atoms with Crippen molar-refractivity contribution in [2.24, 2.45) is 5.41 Å². The SMILES string of the molecule is CSC1CCC(n2c(C)cc3c2CC(C)(C)CC3=O)CC1. The lowest BCUT2D eigenvalue weighted by atomic mass is 9.76. The van der Waals surface area contributed by atoms with Crippen LogP contribution in [0.2, 0.25) is 0 Å². The van der Waals surface area contributed by atoms with E-state index in [0.717, 1.165) is 17.2 Å². The number of ketones is 1. The largest absolute Gasteiger partial charge is 0.345 e. The van der Waals surface area contributed by atoms with Crippen LogP contribution in [-0.4, -0.2) is 21.9 Å². The first-order valence-electron chi connectivity index (χ1n) is 8.18. The van der Waals surface area contributed by atoms with Gasteiger partial charge in [-0.3, -0.25) is 4.79 Å². The maximum absolute atomic E-state index is 12.4. The van der Waals surface area contributed by atoms with E-state index in [1.54, 1.807) is 0 Å². The second-order valence-corrected chi connectivity index (χ2v) is 8.76. The minimum atomic E-state index is 0.114. The van der Waals surface area contributed by atoms with Crippen molar-refractivity contribution in [2.75, 3.05) is 6.26 Å². The molecule has 0 spiro atoms. The Balaban J connectivity index is 1.92. The number of carbonyl (C=O) groups is 1. The number of carbonyl (C=O) groups excluding carboxylic acids is 1. The zero-order valence-electron chi connectivity index (χ0n) is 13.7. The third-order valence-electron chi connectivity index (χ3n) is 5.26. The second-order valence-electron chi connectivity index (χ2n) is 7.62. The van der Waals surface area contributed by atoms with Crippen LogP contribution in [0, 0.1) is 12.3 Å². The summed E-state index contributed by atoms with van der Waals surface area (Å²) in [6.07, 6.45) is 9.14. The summed E-state index contributed by atoms with van der Waals surface area (Å²) in [5, 5.41) is 0.839. The van der Waals surface area contributed by atoms with Crippen molar-refractivity contribution in [2.45, 2.75) is 70.6 Å². The van der Waals surface area contributed by atoms with E-state index in [2.05, 4.69) is 37.7 Å². The number of rotatable bonds is 2. The summed E-state index contributed by atoms with van der Waals surface area (Å²) in [4.78, 5) is 12.4. The molecule has 0 bridgehead atoms. The highest BCUT2D eigenvalue weighted by Crippen LogP contribution is 2.41. The Kier molecular flexibility index (Phi) is 3.98. The zero-order chi connectivity index (χ0) is 15.2. The second kappa shape index (κ2) is 5.49. The summed E-state index contributed by atoms with van der Waals surface area (Å²) in [6, 6.07) is 2.76. The number of hydrogen-bond acceptors (Lipinski definition) is 2. The summed E-state index contributed by atoms with van der Waals surface area (Å²) < 4.78 is 2.52. The summed E-state index contributed by atoms with van der Waals surface area (Å²) in [5.41, 5.74) is 3.74. The highest BCUT2D eigenvalue weighted by molar-refractivity contribution is 7.99. The van der Waals surface area contributed by atoms with E-state index in [9.17, 15) is 4.79 Å². The minimum Gasteiger partial charge on any atom is -0.345 e. The molecule has 2 aliphatic rings. The Labute approximate surface area is 132 Å². The van der Waals surface area contributed by atoms with Gasteiger partial charge in [-0.1, -0.05) is 13.8 Å². The van der Waals surface area contributed by atoms with Gasteiger partial charge in [-0.05, 0) is 56.8 Å². The molecule has 3 rings (SSSR count). The van der Waals surface area contributed by atoms with Crippen LogP contribution in [0.15, 0.2) is 6.07 Å². The quantitative estimate of drug-likeness (QED) is 0.783. The normalized spacial score (nSPS) is 28.5. The Hall–Kier alpha value is -0.700. The van der Waals surface area contributed by atoms with Gasteiger partial charge in [0, 0.05) is 34.7 Å². The van der Waals surface area contributed by atoms with Crippen LogP contribution in [0.5, 0.6) is 0 Å². The van der Waals surface area contributed by atoms with Crippen LogP contribution in [0.4, 0.5) is 0 Å². The van der Waals surface area contributed by atoms with Crippen molar-refractivity contribution >= 4 is 17.5 Å². The van der Waals surface area contributed by atoms with Gasteiger partial charge >= 0.3 is 0 Å². The first-order chi connectivity index (χ1) is 9.91. The molecule has 2 aliphatic carbocycles. The predicted molar refractivity (Wildman–Crippen MR) is 90.4 cm³/mol. The Morgan fingerprint density at radius 1 is 1.19 bits per heavy atom. The van der Waals surface area contributed by atoms with Crippen LogP contribution >= 0.6 is 11.8 Å². The molecule has 1 aromatic heterocycles. The summed E-state index contributed by atoms with van der Waals surface area (Å²) >= 11 is 2.01. The van der Waals surface area contributed by atoms with E-state index >= 15 is 0 Å². The topological polar surface area (TPSA) is 22.0 Å². The smallest absolute Gasteiger partial charge is 0.165 e. The maximum Gasteiger partial charge on any atom is 0.165 e. The third kappa shape index (κ3) is 2.81. The molecule has 0 saturated heterocycles. The Bertz CT molecular complexity index is 550. The van der Waals surface area contributed by atoms with Crippen molar-refractivity contribution in [3.05, 3.63) is 23.0 Å². The predicted octanol–water partition coefficient (Wildman–Crippen LogP) is 4.80. The lowest BCUT2D eigenvalue weighted by Crippen LogP contribution is -2.30. The van der Waals surface area contributed by atoms with Crippen molar-refractivity contribution < 1.29 is 4.79 Å². The summed E-state index contributed by atoms with van der Waals surface area (Å²) in [6.45, 7) is 6.63. The molecular formula is C18H27NOS. The number of aromatic nitrogens is 1. The fourth-order valence-corrected chi connectivity index (χ4v) is 4.96. The Morgan fingerprint density at radius 3 is 2.48 bits per heavy atom. The van der Waals surface area contributed by atoms with Gasteiger partial charge in [-0.2, -0.15) is 11.8 Å². The molecule has 0 aliphatic heterocycles. The number of hydrogen-bond donors (Lipinski definition) is 0. The van der Waals surface area contributed by atoms with Crippen molar-refractivity contribution in [1.82, 2.24) is 4.57 Å². The zero-order valence-corrected chi connectivity index (χ0v) is 14.6. The Morgan fingerprint density at radius 2 is 1.86 bits per heavy atom. The number of thioether (sulfide) groups is 1. The third-order valence-corrected chi connectivity index (χ3v) is 6.40. The summed E-state index contributed by atoms with van der Waals surface area (Å²) in [7, 11) is 0. The molecule has 0 aromatic carbocycles. The molecule has 1 aromatic rings. The fraction of sp³-hybridized carbons (Fsp3) is 0.722. The maximum atomic E-state index is 12.4. The van der Waals surface area contributed by atoms with E-state index in [1.807, 2.05) is 11.8 Å². The van der Waals surface area contributed by atoms with E-state index in [-0.39, 0.29) is 5.41 Å². The van der Waals surface area contributed by atoms with Crippen LogP contribution in [-0.2, 0) is 6.42 Å². The molecule has 0 atom stereocenters. The van der Waals surface area contributed by atoms with E-state index in [1.165, 1.54) is 37.1 Å². The highest BCUT2D eigenvalue weighted by atomic mass is 32.2. The fourth-order valence-electron chi connectivity index (χ4n) is 4.22. The number of nitrogens with zero attached hydrogens (tertiary/aromatic N) is 1. The molecular weight excluding hydrogens is 278 g/mol. The number of aryl methyl sites for hydroxylation is 1. The van der Waals surface area contributed by atoms with Crippen molar-refractivity contribution in [1.29, 1.82) is 0 Å². The molecule has 21 heavy (non-hydrogen) atoms. The van der Waals surface area contributed by atoms with Crippen LogP contribution in [0.3, 0.4) is 0 Å². The number of fused-ring (bicyclic) bond motifs is 1. The molecule has 1 saturated carbocycles. The van der Waals surface area contributed by atoms with E-state index < -0.39 is 0 Å². The molecule has 0 amide bonds. The highest BCUT2D eigenvalue weighted by Gasteiger charge is 2.35. The molecule has 1 heterocycles. The first kappa shape index (κ1) is 15.2. The average Bonchev–Trinajstić information content (AvgIpc) is 2.74. The van der Waals surface area contributed by atoms with Crippen molar-refractivity contribution in [3.8, 4) is 0 Å². The lowest BCUT2D eigenvalue weighted by Gasteiger charge is -2.34. The van der Waals surface area contributed by atoms with E-state index in [4.69, 9.17) is 0 Å². The molecule has 0 radical (unpaired) electrons. The van der Waals surface area contributed by atoms with Gasteiger partial charge in [0.15, 0.2) is 5.78 Å².